The van der Waals surface area contributed by atoms with E-state index in [1.54, 1.807) is 0 Å². The van der Waals surface area contributed by atoms with E-state index in [0.29, 0.717) is 5.92 Å². The van der Waals surface area contributed by atoms with E-state index in [4.69, 9.17) is 6.42 Å². The van der Waals surface area contributed by atoms with Crippen molar-refractivity contribution in [3.8, 4) is 12.3 Å². The molecular formula is C11H18O. The zero-order valence-corrected chi connectivity index (χ0v) is 7.79. The second kappa shape index (κ2) is 4.52. The monoisotopic (exact) mass is 166 g/mol. The molecule has 0 spiro atoms. The molecule has 0 saturated heterocycles. The van der Waals surface area contributed by atoms with Crippen LogP contribution in [0, 0.1) is 24.2 Å². The molecule has 1 heteroatoms. The number of terminal acetylenes is 1. The Morgan fingerprint density at radius 1 is 1.33 bits per heavy atom. The standard InChI is InChI=1S/C11H18O/c1-3-9(2)11(12)10-7-5-4-6-8-10/h1,9-12H,4-8H2,2H3/t9-,11-/m1/s1. The van der Waals surface area contributed by atoms with Crippen molar-refractivity contribution < 1.29 is 5.11 Å². The Hall–Kier alpha value is -0.480. The number of aliphatic hydroxyl groups is 1. The van der Waals surface area contributed by atoms with Gasteiger partial charge in [0.2, 0.25) is 0 Å². The van der Waals surface area contributed by atoms with Crippen LogP contribution in [0.25, 0.3) is 0 Å². The second-order valence-corrected chi connectivity index (χ2v) is 3.84. The summed E-state index contributed by atoms with van der Waals surface area (Å²) in [5, 5.41) is 9.80. The molecular weight excluding hydrogens is 148 g/mol. The fourth-order valence-electron chi connectivity index (χ4n) is 1.98. The summed E-state index contributed by atoms with van der Waals surface area (Å²) in [5.41, 5.74) is 0. The molecule has 1 aliphatic carbocycles. The van der Waals surface area contributed by atoms with Gasteiger partial charge in [-0.3, -0.25) is 0 Å². The number of hydrogen-bond donors (Lipinski definition) is 1. The van der Waals surface area contributed by atoms with Gasteiger partial charge in [-0.15, -0.1) is 12.3 Å². The van der Waals surface area contributed by atoms with E-state index in [1.165, 1.54) is 19.3 Å². The number of rotatable bonds is 2. The summed E-state index contributed by atoms with van der Waals surface area (Å²) < 4.78 is 0. The third kappa shape index (κ3) is 2.25. The number of hydrogen-bond acceptors (Lipinski definition) is 1. The Balaban J connectivity index is 2.40. The van der Waals surface area contributed by atoms with Crippen LogP contribution in [0.2, 0.25) is 0 Å². The van der Waals surface area contributed by atoms with Crippen molar-refractivity contribution in [2.24, 2.45) is 11.8 Å². The first-order chi connectivity index (χ1) is 5.75. The summed E-state index contributed by atoms with van der Waals surface area (Å²) in [6.45, 7) is 1.93. The van der Waals surface area contributed by atoms with Crippen molar-refractivity contribution in [3.63, 3.8) is 0 Å². The predicted molar refractivity (Wildman–Crippen MR) is 50.6 cm³/mol. The average Bonchev–Trinajstić information content (AvgIpc) is 2.17. The van der Waals surface area contributed by atoms with Gasteiger partial charge in [-0.25, -0.2) is 0 Å². The van der Waals surface area contributed by atoms with Crippen molar-refractivity contribution >= 4 is 0 Å². The van der Waals surface area contributed by atoms with Gasteiger partial charge in [0.05, 0.1) is 6.10 Å². The van der Waals surface area contributed by atoms with E-state index in [2.05, 4.69) is 5.92 Å². The van der Waals surface area contributed by atoms with Crippen molar-refractivity contribution in [2.45, 2.75) is 45.1 Å². The molecule has 2 atom stereocenters. The van der Waals surface area contributed by atoms with Crippen LogP contribution >= 0.6 is 0 Å². The van der Waals surface area contributed by atoms with Crippen LogP contribution in [0.1, 0.15) is 39.0 Å². The van der Waals surface area contributed by atoms with E-state index < -0.39 is 0 Å². The quantitative estimate of drug-likeness (QED) is 0.623. The molecule has 1 nitrogen and oxygen atoms in total. The summed E-state index contributed by atoms with van der Waals surface area (Å²) >= 11 is 0. The van der Waals surface area contributed by atoms with Crippen LogP contribution in [0.4, 0.5) is 0 Å². The molecule has 0 aromatic carbocycles. The van der Waals surface area contributed by atoms with Crippen LogP contribution in [-0.4, -0.2) is 11.2 Å². The maximum atomic E-state index is 9.80. The smallest absolute Gasteiger partial charge is 0.0702 e. The highest BCUT2D eigenvalue weighted by Gasteiger charge is 2.24. The first kappa shape index (κ1) is 9.61. The lowest BCUT2D eigenvalue weighted by atomic mass is 9.81. The van der Waals surface area contributed by atoms with E-state index >= 15 is 0 Å². The highest BCUT2D eigenvalue weighted by atomic mass is 16.3. The Morgan fingerprint density at radius 3 is 2.42 bits per heavy atom. The van der Waals surface area contributed by atoms with Crippen LogP contribution in [-0.2, 0) is 0 Å². The Bertz CT molecular complexity index is 162. The summed E-state index contributed by atoms with van der Waals surface area (Å²) in [6, 6.07) is 0. The third-order valence-electron chi connectivity index (χ3n) is 2.91. The topological polar surface area (TPSA) is 20.2 Å². The molecule has 0 aromatic heterocycles. The molecule has 0 unspecified atom stereocenters. The minimum absolute atomic E-state index is 0.0214. The van der Waals surface area contributed by atoms with Crippen molar-refractivity contribution in [1.29, 1.82) is 0 Å². The summed E-state index contributed by atoms with van der Waals surface area (Å²) in [4.78, 5) is 0. The lowest BCUT2D eigenvalue weighted by molar-refractivity contribution is 0.0587. The highest BCUT2D eigenvalue weighted by molar-refractivity contribution is 4.96. The van der Waals surface area contributed by atoms with Gasteiger partial charge in [-0.05, 0) is 25.7 Å². The van der Waals surface area contributed by atoms with E-state index in [0.717, 1.165) is 12.8 Å². The molecule has 0 aliphatic heterocycles. The predicted octanol–water partition coefficient (Wildman–Crippen LogP) is 2.20. The normalized spacial score (nSPS) is 24.4. The van der Waals surface area contributed by atoms with Gasteiger partial charge in [-0.2, -0.15) is 0 Å². The van der Waals surface area contributed by atoms with Crippen LogP contribution in [0.5, 0.6) is 0 Å². The maximum Gasteiger partial charge on any atom is 0.0702 e. The van der Waals surface area contributed by atoms with Gasteiger partial charge in [0.25, 0.3) is 0 Å². The molecule has 12 heavy (non-hydrogen) atoms. The van der Waals surface area contributed by atoms with Gasteiger partial charge in [0.1, 0.15) is 0 Å². The minimum atomic E-state index is -0.268. The number of aliphatic hydroxyl groups excluding tert-OH is 1. The molecule has 1 saturated carbocycles. The lowest BCUT2D eigenvalue weighted by Gasteiger charge is -2.28. The first-order valence-corrected chi connectivity index (χ1v) is 4.90. The molecule has 0 radical (unpaired) electrons. The van der Waals surface area contributed by atoms with Gasteiger partial charge in [0.15, 0.2) is 0 Å². The molecule has 1 aliphatic rings. The summed E-state index contributed by atoms with van der Waals surface area (Å²) in [7, 11) is 0. The molecule has 0 amide bonds. The zero-order chi connectivity index (χ0) is 8.97. The molecule has 1 rings (SSSR count). The minimum Gasteiger partial charge on any atom is -0.392 e. The van der Waals surface area contributed by atoms with Crippen molar-refractivity contribution in [2.75, 3.05) is 0 Å². The maximum absolute atomic E-state index is 9.80. The van der Waals surface area contributed by atoms with E-state index in [-0.39, 0.29) is 12.0 Å². The Kier molecular flexibility index (Phi) is 3.62. The molecule has 0 heterocycles. The fraction of sp³-hybridized carbons (Fsp3) is 0.818. The first-order valence-electron chi connectivity index (χ1n) is 4.90. The largest absolute Gasteiger partial charge is 0.392 e. The molecule has 0 aromatic rings. The van der Waals surface area contributed by atoms with Crippen molar-refractivity contribution in [1.82, 2.24) is 0 Å². The molecule has 0 bridgehead atoms. The van der Waals surface area contributed by atoms with Gasteiger partial charge in [-0.1, -0.05) is 19.3 Å². The zero-order valence-electron chi connectivity index (χ0n) is 7.79. The lowest BCUT2D eigenvalue weighted by Crippen LogP contribution is -2.28. The molecule has 1 fully saturated rings. The fourth-order valence-corrected chi connectivity index (χ4v) is 1.98. The van der Waals surface area contributed by atoms with Crippen LogP contribution in [0.3, 0.4) is 0 Å². The molecule has 68 valence electrons. The van der Waals surface area contributed by atoms with Crippen molar-refractivity contribution in [3.05, 3.63) is 0 Å². The Morgan fingerprint density at radius 2 is 1.92 bits per heavy atom. The van der Waals surface area contributed by atoms with E-state index in [9.17, 15) is 5.11 Å². The van der Waals surface area contributed by atoms with Crippen LogP contribution in [0.15, 0.2) is 0 Å². The Labute approximate surface area is 75.2 Å². The SMILES string of the molecule is C#C[C@@H](C)[C@@H](O)C1CCCCC1. The van der Waals surface area contributed by atoms with Gasteiger partial charge >= 0.3 is 0 Å². The van der Waals surface area contributed by atoms with Gasteiger partial charge < -0.3 is 5.11 Å². The summed E-state index contributed by atoms with van der Waals surface area (Å²) in [5.74, 6) is 3.10. The average molecular weight is 166 g/mol. The highest BCUT2D eigenvalue weighted by Crippen LogP contribution is 2.29. The summed E-state index contributed by atoms with van der Waals surface area (Å²) in [6.07, 6.45) is 11.2. The van der Waals surface area contributed by atoms with Crippen LogP contribution < -0.4 is 0 Å². The third-order valence-corrected chi connectivity index (χ3v) is 2.91. The molecule has 1 N–H and O–H groups in total. The van der Waals surface area contributed by atoms with E-state index in [1.807, 2.05) is 6.92 Å². The van der Waals surface area contributed by atoms with Gasteiger partial charge in [0, 0.05) is 5.92 Å². The second-order valence-electron chi connectivity index (χ2n) is 3.84.